The molecule has 1 aliphatic heterocycles. The van der Waals surface area contributed by atoms with Crippen molar-refractivity contribution in [1.82, 2.24) is 15.5 Å². The molecule has 144 valence electrons. The van der Waals surface area contributed by atoms with Gasteiger partial charge in [0.25, 0.3) is 0 Å². The molecule has 2 aromatic rings. The third kappa shape index (κ3) is 3.94. The van der Waals surface area contributed by atoms with Gasteiger partial charge in [0.05, 0.1) is 6.20 Å². The minimum atomic E-state index is -0.480. The summed E-state index contributed by atoms with van der Waals surface area (Å²) in [5, 5.41) is 10.9. The number of aromatic nitrogens is 2. The van der Waals surface area contributed by atoms with E-state index in [1.807, 2.05) is 12.1 Å². The first-order valence-electron chi connectivity index (χ1n) is 9.43. The maximum atomic E-state index is 13.5. The van der Waals surface area contributed by atoms with Crippen LogP contribution in [-0.4, -0.2) is 34.9 Å². The molecule has 1 saturated heterocycles. The average Bonchev–Trinajstić information content (AvgIpc) is 3.08. The van der Waals surface area contributed by atoms with Crippen molar-refractivity contribution in [3.63, 3.8) is 0 Å². The third-order valence-electron chi connectivity index (χ3n) is 5.90. The Morgan fingerprint density at radius 2 is 1.96 bits per heavy atom. The van der Waals surface area contributed by atoms with Gasteiger partial charge in [0.15, 0.2) is 0 Å². The highest BCUT2D eigenvalue weighted by Crippen LogP contribution is 2.45. The molecule has 7 heteroatoms. The summed E-state index contributed by atoms with van der Waals surface area (Å²) in [5.41, 5.74) is 7.47. The Labute approximate surface area is 157 Å². The maximum Gasteiger partial charge on any atom is 0.236 e. The molecule has 2 heterocycles. The Morgan fingerprint density at radius 1 is 1.15 bits per heavy atom. The van der Waals surface area contributed by atoms with Crippen molar-refractivity contribution in [2.24, 2.45) is 11.7 Å². The molecule has 0 amide bonds. The van der Waals surface area contributed by atoms with Crippen molar-refractivity contribution in [2.45, 2.75) is 43.2 Å². The van der Waals surface area contributed by atoms with Crippen molar-refractivity contribution < 1.29 is 13.5 Å². The van der Waals surface area contributed by atoms with E-state index >= 15 is 0 Å². The van der Waals surface area contributed by atoms with E-state index in [-0.39, 0.29) is 29.6 Å². The van der Waals surface area contributed by atoms with E-state index in [1.54, 1.807) is 0 Å². The van der Waals surface area contributed by atoms with E-state index < -0.39 is 11.4 Å². The monoisotopic (exact) mass is 374 g/mol. The largest absolute Gasteiger partial charge is 0.473 e. The van der Waals surface area contributed by atoms with Gasteiger partial charge in [-0.15, -0.1) is 5.10 Å². The summed E-state index contributed by atoms with van der Waals surface area (Å²) in [6.07, 6.45) is 4.36. The van der Waals surface area contributed by atoms with Gasteiger partial charge < -0.3 is 15.8 Å². The normalized spacial score (nSPS) is 31.0. The smallest absolute Gasteiger partial charge is 0.236 e. The molecule has 1 aromatic carbocycles. The second kappa shape index (κ2) is 7.48. The van der Waals surface area contributed by atoms with Gasteiger partial charge in [0, 0.05) is 24.1 Å². The van der Waals surface area contributed by atoms with Gasteiger partial charge in [-0.1, -0.05) is 12.1 Å². The average molecular weight is 374 g/mol. The summed E-state index contributed by atoms with van der Waals surface area (Å²) < 4.78 is 32.9. The standard InChI is InChI=1S/C20H24F2N4O/c21-15-4-2-13(3-5-15)14-8-17(20(23)6-1-7-24-12-20)18(9-14)27-19-10-16(22)11-25-26-19/h2-5,10-11,14,17-18,24H,1,6-9,12,23H2. The zero-order valence-corrected chi connectivity index (χ0v) is 15.1. The van der Waals surface area contributed by atoms with Crippen LogP contribution in [0.5, 0.6) is 5.88 Å². The molecule has 27 heavy (non-hydrogen) atoms. The number of halogens is 2. The minimum absolute atomic E-state index is 0.0884. The van der Waals surface area contributed by atoms with Crippen LogP contribution in [0.2, 0.25) is 0 Å². The van der Waals surface area contributed by atoms with Crippen molar-refractivity contribution in [1.29, 1.82) is 0 Å². The van der Waals surface area contributed by atoms with Gasteiger partial charge in [-0.25, -0.2) is 8.78 Å². The fourth-order valence-corrected chi connectivity index (χ4v) is 4.55. The maximum absolute atomic E-state index is 13.5. The van der Waals surface area contributed by atoms with Gasteiger partial charge in [0.2, 0.25) is 5.88 Å². The first-order valence-corrected chi connectivity index (χ1v) is 9.43. The number of nitrogens with zero attached hydrogens (tertiary/aromatic N) is 2. The number of ether oxygens (including phenoxy) is 1. The first-order chi connectivity index (χ1) is 13.0. The predicted octanol–water partition coefficient (Wildman–Crippen LogP) is 2.78. The number of hydrogen-bond donors (Lipinski definition) is 2. The zero-order valence-electron chi connectivity index (χ0n) is 15.1. The van der Waals surface area contributed by atoms with Crippen LogP contribution in [0.4, 0.5) is 8.78 Å². The highest BCUT2D eigenvalue weighted by atomic mass is 19.1. The Hall–Kier alpha value is -2.12. The molecule has 2 fully saturated rings. The van der Waals surface area contributed by atoms with Gasteiger partial charge in [-0.05, 0) is 55.8 Å². The van der Waals surface area contributed by atoms with E-state index in [2.05, 4.69) is 15.5 Å². The molecule has 1 aromatic heterocycles. The van der Waals surface area contributed by atoms with Crippen molar-refractivity contribution in [2.75, 3.05) is 13.1 Å². The highest BCUT2D eigenvalue weighted by Gasteiger charge is 2.48. The summed E-state index contributed by atoms with van der Waals surface area (Å²) in [5.74, 6) is -0.249. The second-order valence-electron chi connectivity index (χ2n) is 7.71. The number of hydrogen-bond acceptors (Lipinski definition) is 5. The molecule has 1 aliphatic carbocycles. The first kappa shape index (κ1) is 18.3. The van der Waals surface area contributed by atoms with Crippen molar-refractivity contribution in [3.05, 3.63) is 53.7 Å². The van der Waals surface area contributed by atoms with Gasteiger partial charge in [-0.3, -0.25) is 0 Å². The Morgan fingerprint density at radius 3 is 2.67 bits per heavy atom. The molecule has 0 bridgehead atoms. The Bertz CT molecular complexity index is 780. The minimum Gasteiger partial charge on any atom is -0.473 e. The summed E-state index contributed by atoms with van der Waals surface area (Å²) in [7, 11) is 0. The molecule has 4 rings (SSSR count). The van der Waals surface area contributed by atoms with E-state index in [9.17, 15) is 8.78 Å². The third-order valence-corrected chi connectivity index (χ3v) is 5.90. The quantitative estimate of drug-likeness (QED) is 0.861. The summed E-state index contributed by atoms with van der Waals surface area (Å²) in [6, 6.07) is 7.86. The summed E-state index contributed by atoms with van der Waals surface area (Å²) >= 11 is 0. The van der Waals surface area contributed by atoms with Crippen LogP contribution in [0.1, 0.15) is 37.2 Å². The highest BCUT2D eigenvalue weighted by molar-refractivity contribution is 5.24. The van der Waals surface area contributed by atoms with E-state index in [0.717, 1.165) is 50.5 Å². The lowest BCUT2D eigenvalue weighted by Crippen LogP contribution is -2.59. The number of nitrogens with two attached hydrogens (primary N) is 1. The predicted molar refractivity (Wildman–Crippen MR) is 97.3 cm³/mol. The molecule has 0 radical (unpaired) electrons. The van der Waals surface area contributed by atoms with Crippen LogP contribution in [0.25, 0.3) is 0 Å². The SMILES string of the molecule is NC1(C2CC(c3ccc(F)cc3)CC2Oc2cc(F)cnn2)CCCNC1. The van der Waals surface area contributed by atoms with Crippen molar-refractivity contribution in [3.8, 4) is 5.88 Å². The van der Waals surface area contributed by atoms with Crippen LogP contribution in [0.15, 0.2) is 36.5 Å². The van der Waals surface area contributed by atoms with Crippen LogP contribution < -0.4 is 15.8 Å². The van der Waals surface area contributed by atoms with Crippen LogP contribution >= 0.6 is 0 Å². The van der Waals surface area contributed by atoms with Crippen molar-refractivity contribution >= 4 is 0 Å². The van der Waals surface area contributed by atoms with Crippen LogP contribution in [-0.2, 0) is 0 Å². The molecule has 5 nitrogen and oxygen atoms in total. The number of nitrogens with one attached hydrogen (secondary N) is 1. The van der Waals surface area contributed by atoms with E-state index in [1.165, 1.54) is 18.2 Å². The Kier molecular flexibility index (Phi) is 5.06. The number of benzene rings is 1. The van der Waals surface area contributed by atoms with Crippen LogP contribution in [0, 0.1) is 17.6 Å². The van der Waals surface area contributed by atoms with Gasteiger partial charge in [0.1, 0.15) is 17.7 Å². The molecule has 2 aliphatic rings. The molecular formula is C20H24F2N4O. The Balaban J connectivity index is 1.59. The molecule has 4 unspecified atom stereocenters. The van der Waals surface area contributed by atoms with Gasteiger partial charge >= 0.3 is 0 Å². The van der Waals surface area contributed by atoms with Crippen LogP contribution in [0.3, 0.4) is 0 Å². The molecule has 1 saturated carbocycles. The molecule has 0 spiro atoms. The second-order valence-corrected chi connectivity index (χ2v) is 7.71. The molecule has 3 N–H and O–H groups in total. The number of piperidine rings is 1. The summed E-state index contributed by atoms with van der Waals surface area (Å²) in [4.78, 5) is 0. The van der Waals surface area contributed by atoms with E-state index in [0.29, 0.717) is 0 Å². The van der Waals surface area contributed by atoms with E-state index in [4.69, 9.17) is 10.5 Å². The molecular weight excluding hydrogens is 350 g/mol. The summed E-state index contributed by atoms with van der Waals surface area (Å²) in [6.45, 7) is 1.69. The zero-order chi connectivity index (χ0) is 18.9. The number of rotatable bonds is 4. The molecule has 4 atom stereocenters. The lowest BCUT2D eigenvalue weighted by Gasteiger charge is -2.41. The lowest BCUT2D eigenvalue weighted by atomic mass is 9.76. The van der Waals surface area contributed by atoms with Gasteiger partial charge in [-0.2, -0.15) is 5.10 Å². The topological polar surface area (TPSA) is 73.1 Å². The lowest BCUT2D eigenvalue weighted by molar-refractivity contribution is 0.0842. The fourth-order valence-electron chi connectivity index (χ4n) is 4.55. The fraction of sp³-hybridized carbons (Fsp3) is 0.500.